The SMILES string of the molecule is CC/C(=C(\[O-])N([Si](C)(C)C)[Si](C)(C)C)c1ccccc1. The lowest BCUT2D eigenvalue weighted by Crippen LogP contribution is -2.60. The number of nitrogens with zero attached hydrogens (tertiary/aromatic N) is 1. The van der Waals surface area contributed by atoms with Gasteiger partial charge in [0.25, 0.3) is 0 Å². The van der Waals surface area contributed by atoms with Crippen molar-refractivity contribution in [2.75, 3.05) is 0 Å². The molecular weight excluding hydrogens is 278 g/mol. The highest BCUT2D eigenvalue weighted by Gasteiger charge is 2.33. The van der Waals surface area contributed by atoms with Crippen molar-refractivity contribution in [3.8, 4) is 0 Å². The summed E-state index contributed by atoms with van der Waals surface area (Å²) in [7, 11) is -3.34. The van der Waals surface area contributed by atoms with Crippen LogP contribution in [0.2, 0.25) is 39.3 Å². The zero-order valence-electron chi connectivity index (χ0n) is 13.9. The standard InChI is InChI=1S/C16H29NOSi2/c1-8-15(14-12-10-9-11-13-14)16(18)17(19(2,3)4)20(5,6)7/h9-13,18H,8H2,1-7H3/p-1/b16-15+. The van der Waals surface area contributed by atoms with Crippen LogP contribution in [0.25, 0.3) is 5.57 Å². The Balaban J connectivity index is 3.41. The van der Waals surface area contributed by atoms with Crippen molar-refractivity contribution < 1.29 is 5.11 Å². The Kier molecular flexibility index (Phi) is 5.27. The Morgan fingerprint density at radius 3 is 1.75 bits per heavy atom. The molecule has 0 aromatic heterocycles. The molecule has 0 aliphatic heterocycles. The highest BCUT2D eigenvalue weighted by Crippen LogP contribution is 2.29. The van der Waals surface area contributed by atoms with Crippen LogP contribution in [0.1, 0.15) is 18.9 Å². The van der Waals surface area contributed by atoms with Gasteiger partial charge in [-0.25, -0.2) is 0 Å². The summed E-state index contributed by atoms with van der Waals surface area (Å²) < 4.78 is 2.27. The first kappa shape index (κ1) is 17.0. The highest BCUT2D eigenvalue weighted by atomic mass is 28.4. The molecule has 4 heteroatoms. The monoisotopic (exact) mass is 306 g/mol. The van der Waals surface area contributed by atoms with Crippen LogP contribution in [-0.4, -0.2) is 20.7 Å². The van der Waals surface area contributed by atoms with Crippen LogP contribution >= 0.6 is 0 Å². The van der Waals surface area contributed by atoms with Gasteiger partial charge in [-0.15, -0.1) is 0 Å². The van der Waals surface area contributed by atoms with Crippen LogP contribution in [0.3, 0.4) is 0 Å². The van der Waals surface area contributed by atoms with Crippen molar-refractivity contribution in [2.45, 2.75) is 52.6 Å². The summed E-state index contributed by atoms with van der Waals surface area (Å²) in [6.07, 6.45) is 0.786. The molecule has 0 unspecified atom stereocenters. The summed E-state index contributed by atoms with van der Waals surface area (Å²) in [5, 5.41) is 13.1. The van der Waals surface area contributed by atoms with Gasteiger partial charge in [-0.1, -0.05) is 82.4 Å². The first-order valence-corrected chi connectivity index (χ1v) is 14.2. The number of hydrogen-bond donors (Lipinski definition) is 0. The van der Waals surface area contributed by atoms with E-state index in [1.807, 2.05) is 30.3 Å². The minimum Gasteiger partial charge on any atom is -0.861 e. The summed E-state index contributed by atoms with van der Waals surface area (Å²) in [4.78, 5) is 0. The van der Waals surface area contributed by atoms with Crippen LogP contribution < -0.4 is 5.11 Å². The third-order valence-corrected chi connectivity index (χ3v) is 10.4. The second-order valence-electron chi connectivity index (χ2n) is 7.18. The maximum atomic E-state index is 13.1. The Bertz CT molecular complexity index is 455. The quantitative estimate of drug-likeness (QED) is 0.605. The van der Waals surface area contributed by atoms with E-state index in [1.54, 1.807) is 0 Å². The average molecular weight is 307 g/mol. The van der Waals surface area contributed by atoms with E-state index in [0.29, 0.717) is 0 Å². The first-order chi connectivity index (χ1) is 9.09. The number of rotatable bonds is 5. The molecular formula is C16H28NOSi2-. The number of hydrogen-bond acceptors (Lipinski definition) is 2. The molecule has 1 aromatic carbocycles. The maximum absolute atomic E-state index is 13.1. The van der Waals surface area contributed by atoms with Gasteiger partial charge in [-0.2, -0.15) is 0 Å². The van der Waals surface area contributed by atoms with Crippen LogP contribution in [0, 0.1) is 0 Å². The van der Waals surface area contributed by atoms with E-state index in [0.717, 1.165) is 17.6 Å². The van der Waals surface area contributed by atoms with Gasteiger partial charge in [0.15, 0.2) is 0 Å². The normalized spacial score (nSPS) is 13.9. The molecule has 112 valence electrons. The van der Waals surface area contributed by atoms with E-state index in [9.17, 15) is 5.11 Å². The second-order valence-corrected chi connectivity index (χ2v) is 17.2. The third kappa shape index (κ3) is 3.99. The zero-order valence-corrected chi connectivity index (χ0v) is 15.9. The van der Waals surface area contributed by atoms with Gasteiger partial charge in [-0.05, 0) is 17.6 Å². The summed E-state index contributed by atoms with van der Waals surface area (Å²) in [6, 6.07) is 10.1. The highest BCUT2D eigenvalue weighted by molar-refractivity contribution is 6.90. The smallest absolute Gasteiger partial charge is 0.137 e. The minimum atomic E-state index is -1.67. The molecule has 0 N–H and O–H groups in total. The summed E-state index contributed by atoms with van der Waals surface area (Å²) >= 11 is 0. The molecule has 20 heavy (non-hydrogen) atoms. The number of benzene rings is 1. The maximum Gasteiger partial charge on any atom is 0.137 e. The molecule has 0 saturated heterocycles. The predicted molar refractivity (Wildman–Crippen MR) is 92.2 cm³/mol. The first-order valence-electron chi connectivity index (χ1n) is 7.35. The van der Waals surface area contributed by atoms with Crippen LogP contribution in [0.5, 0.6) is 0 Å². The van der Waals surface area contributed by atoms with E-state index < -0.39 is 16.5 Å². The van der Waals surface area contributed by atoms with Gasteiger partial charge in [0.05, 0.1) is 0 Å². The zero-order chi connectivity index (χ0) is 15.6. The Hall–Kier alpha value is -1.01. The van der Waals surface area contributed by atoms with Crippen LogP contribution in [0.15, 0.2) is 36.2 Å². The van der Waals surface area contributed by atoms with Crippen molar-refractivity contribution in [1.29, 1.82) is 0 Å². The van der Waals surface area contributed by atoms with Gasteiger partial charge in [0.2, 0.25) is 0 Å². The van der Waals surface area contributed by atoms with Gasteiger partial charge in [0, 0.05) is 0 Å². The van der Waals surface area contributed by atoms with Crippen molar-refractivity contribution in [2.24, 2.45) is 0 Å². The second kappa shape index (κ2) is 6.18. The van der Waals surface area contributed by atoms with Gasteiger partial charge >= 0.3 is 0 Å². The van der Waals surface area contributed by atoms with Crippen molar-refractivity contribution in [1.82, 2.24) is 4.23 Å². The van der Waals surface area contributed by atoms with Gasteiger partial charge in [0.1, 0.15) is 16.5 Å². The molecule has 2 nitrogen and oxygen atoms in total. The molecule has 0 heterocycles. The Morgan fingerprint density at radius 2 is 1.40 bits per heavy atom. The fourth-order valence-electron chi connectivity index (χ4n) is 2.87. The topological polar surface area (TPSA) is 26.3 Å². The van der Waals surface area contributed by atoms with Crippen molar-refractivity contribution >= 4 is 22.0 Å². The predicted octanol–water partition coefficient (Wildman–Crippen LogP) is 4.10. The molecule has 0 amide bonds. The molecule has 1 rings (SSSR count). The molecule has 1 aromatic rings. The lowest BCUT2D eigenvalue weighted by molar-refractivity contribution is -0.318. The molecule has 0 spiro atoms. The third-order valence-electron chi connectivity index (χ3n) is 3.28. The van der Waals surface area contributed by atoms with Crippen LogP contribution in [0.4, 0.5) is 0 Å². The largest absolute Gasteiger partial charge is 0.861 e. The summed E-state index contributed by atoms with van der Waals surface area (Å²) in [5.41, 5.74) is 2.02. The van der Waals surface area contributed by atoms with Crippen molar-refractivity contribution in [3.05, 3.63) is 41.8 Å². The molecule has 0 saturated carbocycles. The number of allylic oxidation sites excluding steroid dienone is 1. The Morgan fingerprint density at radius 1 is 0.950 bits per heavy atom. The van der Waals surface area contributed by atoms with Gasteiger partial charge in [-0.3, -0.25) is 0 Å². The molecule has 0 aliphatic carbocycles. The van der Waals surface area contributed by atoms with E-state index >= 15 is 0 Å². The molecule has 0 atom stereocenters. The van der Waals surface area contributed by atoms with E-state index in [2.05, 4.69) is 50.4 Å². The van der Waals surface area contributed by atoms with E-state index in [1.165, 1.54) is 0 Å². The Labute approximate surface area is 126 Å². The minimum absolute atomic E-state index is 0.261. The summed E-state index contributed by atoms with van der Waals surface area (Å²) in [5.74, 6) is 0.261. The van der Waals surface area contributed by atoms with Gasteiger partial charge < -0.3 is 9.34 Å². The fraction of sp³-hybridized carbons (Fsp3) is 0.500. The lowest BCUT2D eigenvalue weighted by Gasteiger charge is -2.51. The lowest BCUT2D eigenvalue weighted by atomic mass is 10.0. The van der Waals surface area contributed by atoms with Crippen LogP contribution in [-0.2, 0) is 0 Å². The molecule has 0 bridgehead atoms. The average Bonchev–Trinajstić information content (AvgIpc) is 2.27. The fourth-order valence-corrected chi connectivity index (χ4v) is 12.4. The van der Waals surface area contributed by atoms with E-state index in [-0.39, 0.29) is 5.88 Å². The molecule has 0 radical (unpaired) electrons. The van der Waals surface area contributed by atoms with Crippen molar-refractivity contribution in [3.63, 3.8) is 0 Å². The molecule has 0 fully saturated rings. The summed E-state index contributed by atoms with van der Waals surface area (Å²) in [6.45, 7) is 15.7. The molecule has 0 aliphatic rings. The van der Waals surface area contributed by atoms with E-state index in [4.69, 9.17) is 0 Å².